The van der Waals surface area contributed by atoms with Crippen LogP contribution in [0.15, 0.2) is 76.0 Å². The number of aryl methyl sites for hydroxylation is 1. The van der Waals surface area contributed by atoms with E-state index < -0.39 is 100 Å². The first-order valence-electron chi connectivity index (χ1n) is 29.5. The Bertz CT molecular complexity index is 3640. The van der Waals surface area contributed by atoms with Crippen LogP contribution in [0.4, 0.5) is 11.4 Å². The van der Waals surface area contributed by atoms with Crippen LogP contribution in [0.1, 0.15) is 100 Å². The predicted molar refractivity (Wildman–Crippen MR) is 327 cm³/mol. The molecule has 1 heterocycles. The minimum Gasteiger partial charge on any atom is -0.508 e. The zero-order valence-corrected chi connectivity index (χ0v) is 53.5. The Hall–Kier alpha value is -7.05. The molecule has 0 aliphatic heterocycles. The Labute approximate surface area is 508 Å². The number of Topliss-reactive ketones (excluding diaryl/α,β-unsaturated/α-hetero) is 5. The van der Waals surface area contributed by atoms with E-state index in [2.05, 4.69) is 45.1 Å². The first kappa shape index (κ1) is 63.0. The number of fused-ring (bicyclic) bond motifs is 6. The highest BCUT2D eigenvalue weighted by Crippen LogP contribution is 2.79. The highest BCUT2D eigenvalue weighted by molar-refractivity contribution is 6.74. The molecular weight excluding hydrogens is 1130 g/mol. The number of primary amides is 1. The molecular formula is C65H83N7O14Si. The summed E-state index contributed by atoms with van der Waals surface area (Å²) in [4.78, 5) is 95.2. The molecule has 4 aromatic rings. The van der Waals surface area contributed by atoms with Crippen molar-refractivity contribution in [3.8, 4) is 11.6 Å². The van der Waals surface area contributed by atoms with E-state index in [9.17, 15) is 44.7 Å². The number of aliphatic hydroxyl groups excluding tert-OH is 3. The molecule has 87 heavy (non-hydrogen) atoms. The number of aliphatic hydroxyl groups is 4. The Morgan fingerprint density at radius 1 is 0.782 bits per heavy atom. The number of rotatable bonds is 14. The van der Waals surface area contributed by atoms with Crippen molar-refractivity contribution >= 4 is 60.3 Å². The number of amides is 1. The van der Waals surface area contributed by atoms with E-state index in [1.807, 2.05) is 86.2 Å². The van der Waals surface area contributed by atoms with Gasteiger partial charge in [0.25, 0.3) is 11.8 Å². The molecule has 3 saturated carbocycles. The van der Waals surface area contributed by atoms with Crippen molar-refractivity contribution in [2.45, 2.75) is 108 Å². The average molecular weight is 1210 g/mol. The number of ether oxygens (including phenoxy) is 1. The highest BCUT2D eigenvalue weighted by Gasteiger charge is 2.87. The number of likely N-dealkylation sites (N-methyl/N-ethyl adjacent to an activating group) is 2. The Balaban J connectivity index is 0.000000197. The van der Waals surface area contributed by atoms with Crippen LogP contribution >= 0.6 is 0 Å². The fourth-order valence-corrected chi connectivity index (χ4v) is 17.1. The van der Waals surface area contributed by atoms with Crippen molar-refractivity contribution in [2.75, 3.05) is 92.9 Å². The van der Waals surface area contributed by atoms with E-state index >= 15 is 9.59 Å². The Morgan fingerprint density at radius 2 is 1.39 bits per heavy atom. The Kier molecular flexibility index (Phi) is 15.4. The van der Waals surface area contributed by atoms with Crippen molar-refractivity contribution in [1.29, 1.82) is 0 Å². The van der Waals surface area contributed by atoms with Gasteiger partial charge in [0.2, 0.25) is 11.6 Å². The van der Waals surface area contributed by atoms with Crippen LogP contribution in [0.25, 0.3) is 5.76 Å². The monoisotopic (exact) mass is 1210 g/mol. The van der Waals surface area contributed by atoms with Crippen molar-refractivity contribution in [3.05, 3.63) is 116 Å². The van der Waals surface area contributed by atoms with Gasteiger partial charge >= 0.3 is 0 Å². The molecule has 0 spiro atoms. The van der Waals surface area contributed by atoms with Gasteiger partial charge in [0.15, 0.2) is 42.6 Å². The molecule has 1 aromatic heterocycles. The van der Waals surface area contributed by atoms with Crippen LogP contribution in [0.3, 0.4) is 0 Å². The van der Waals surface area contributed by atoms with Gasteiger partial charge in [0.05, 0.1) is 24.3 Å². The highest BCUT2D eigenvalue weighted by atomic mass is 28.4. The number of hydrogen-bond donors (Lipinski definition) is 6. The molecule has 0 saturated heterocycles. The number of hydrogen-bond acceptors (Lipinski definition) is 20. The van der Waals surface area contributed by atoms with Gasteiger partial charge < -0.3 is 59.7 Å². The van der Waals surface area contributed by atoms with E-state index in [0.29, 0.717) is 41.8 Å². The summed E-state index contributed by atoms with van der Waals surface area (Å²) >= 11 is 0. The van der Waals surface area contributed by atoms with Gasteiger partial charge in [-0.15, -0.1) is 0 Å². The molecule has 466 valence electrons. The van der Waals surface area contributed by atoms with E-state index in [1.54, 1.807) is 46.2 Å². The third-order valence-electron chi connectivity index (χ3n) is 20.6. The van der Waals surface area contributed by atoms with Crippen molar-refractivity contribution in [2.24, 2.45) is 33.8 Å². The summed E-state index contributed by atoms with van der Waals surface area (Å²) in [5, 5.41) is 59.0. The number of carbonyl (C=O) groups excluding carboxylic acids is 6. The van der Waals surface area contributed by atoms with Crippen LogP contribution < -0.4 is 20.3 Å². The van der Waals surface area contributed by atoms with Gasteiger partial charge in [-0.1, -0.05) is 57.2 Å². The van der Waals surface area contributed by atoms with Crippen molar-refractivity contribution in [3.63, 3.8) is 0 Å². The molecule has 0 bridgehead atoms. The molecule has 0 radical (unpaired) electrons. The summed E-state index contributed by atoms with van der Waals surface area (Å²) in [6.45, 7) is 12.7. The summed E-state index contributed by atoms with van der Waals surface area (Å²) in [7, 11) is 13.4. The molecule has 3 fully saturated rings. The predicted octanol–water partition coefficient (Wildman–Crippen LogP) is 5.92. The Morgan fingerprint density at radius 3 is 1.97 bits per heavy atom. The largest absolute Gasteiger partial charge is 0.508 e. The third-order valence-corrected chi connectivity index (χ3v) is 25.0. The van der Waals surface area contributed by atoms with Crippen molar-refractivity contribution < 1.29 is 68.0 Å². The standard InChI is InChI=1S/C38H47N3O6Si.C27H36N4O8/c1-22-16-17-26(40(5)6)24-18-36-19-25-29(41(7)8)30-28(33(39-46-30)45-20-23-14-12-11-13-15-23)32(43)38(25,47-48(9,10)35(2,3)4)34(44)37(36,21-36)31(42)27(22)24;1-29(2)15-6-7-16(33)17-13(15)10-26(12-31(5)8-9-32)11-14-20(30(3)4)22(35)18(25(28)38)23(36)27(14,39)24(37)19(26)21(17)34/h11-17,25,29H,18-21H2,1-10H3;6-7,14,20,32-34,36,39H,8-12H2,1-5H3,(H2,28,38)/t25-,29-,36-,37+,38+;14-,20-,26-,27+/m00/s1. The first-order chi connectivity index (χ1) is 40.6. The smallest absolute Gasteiger partial charge is 0.265 e. The normalized spacial score (nSPS) is 28.9. The SMILES string of the molecule is CN(CCO)C[C@@]12Cc3c(N(C)C)ccc(O)c3C(O)=C1C(=O)[C@]1(O)C(O)=C(C(N)=O)C(=O)[C@@H](N(C)C)[C@@H]1C2.Cc1ccc(N(C)C)c2c1C(=O)[C@@]13C[C@]1(C2)C[C@H]1[C@H](N(C)C)c2onc(OCc4ccccc4)c2C(=O)[C@@]1(O[Si](C)(C)C(C)(C)C)C3=O. The van der Waals surface area contributed by atoms with Crippen LogP contribution in [0.2, 0.25) is 18.1 Å². The lowest BCUT2D eigenvalue weighted by Gasteiger charge is -2.56. The van der Waals surface area contributed by atoms with Crippen molar-refractivity contribution in [1.82, 2.24) is 19.9 Å². The average Bonchev–Trinajstić information content (AvgIpc) is 1.48. The number of nitrogens with two attached hydrogens (primary N) is 1. The van der Waals surface area contributed by atoms with Crippen LogP contribution in [-0.2, 0) is 43.1 Å². The number of anilines is 2. The fraction of sp³-hybridized carbons (Fsp3) is 0.523. The molecule has 9 atom stereocenters. The number of aromatic nitrogens is 1. The number of phenolic OH excluding ortho intramolecular Hbond substituents is 1. The maximum atomic E-state index is 15.8. The minimum atomic E-state index is -2.82. The fourth-order valence-electron chi connectivity index (χ4n) is 15.6. The van der Waals surface area contributed by atoms with Crippen LogP contribution in [-0.4, -0.2) is 189 Å². The summed E-state index contributed by atoms with van der Waals surface area (Å²) in [5.41, 5.74) is 2.31. The lowest BCUT2D eigenvalue weighted by Crippen LogP contribution is -2.70. The maximum Gasteiger partial charge on any atom is 0.265 e. The molecule has 7 aliphatic rings. The second-order valence-corrected chi connectivity index (χ2v) is 32.5. The zero-order valence-electron chi connectivity index (χ0n) is 52.5. The van der Waals surface area contributed by atoms with Crippen LogP contribution in [0.5, 0.6) is 11.6 Å². The molecule has 11 rings (SSSR count). The summed E-state index contributed by atoms with van der Waals surface area (Å²) in [5.74, 6) is -7.58. The van der Waals surface area contributed by atoms with Gasteiger partial charge in [0, 0.05) is 81.0 Å². The second kappa shape index (κ2) is 21.3. The van der Waals surface area contributed by atoms with Gasteiger partial charge in [-0.2, -0.15) is 0 Å². The topological polar surface area (TPSA) is 290 Å². The molecule has 7 aliphatic carbocycles. The first-order valence-corrected chi connectivity index (χ1v) is 32.4. The maximum absolute atomic E-state index is 15.8. The van der Waals surface area contributed by atoms with Gasteiger partial charge in [-0.3, -0.25) is 38.6 Å². The quantitative estimate of drug-likeness (QED) is 0.0485. The zero-order chi connectivity index (χ0) is 64.0. The summed E-state index contributed by atoms with van der Waals surface area (Å²) < 4.78 is 19.5. The van der Waals surface area contributed by atoms with Gasteiger partial charge in [-0.25, -0.2) is 0 Å². The van der Waals surface area contributed by atoms with E-state index in [0.717, 1.165) is 22.4 Å². The van der Waals surface area contributed by atoms with E-state index in [4.69, 9.17) is 19.4 Å². The summed E-state index contributed by atoms with van der Waals surface area (Å²) in [6, 6.07) is 15.0. The molecule has 21 nitrogen and oxygen atoms in total. The number of phenols is 1. The molecule has 3 aromatic carbocycles. The lowest BCUT2D eigenvalue weighted by molar-refractivity contribution is -0.157. The molecule has 1 amide bonds. The van der Waals surface area contributed by atoms with E-state index in [-0.39, 0.29) is 84.1 Å². The number of nitrogens with zero attached hydrogens (tertiary/aromatic N) is 6. The molecule has 0 unspecified atom stereocenters. The van der Waals surface area contributed by atoms with Crippen LogP contribution in [0, 0.1) is 35.0 Å². The number of aromatic hydroxyl groups is 1. The summed E-state index contributed by atoms with van der Waals surface area (Å²) in [6.07, 6.45) is 1.54. The molecule has 7 N–H and O–H groups in total. The number of benzene rings is 3. The number of carbonyl (C=O) groups is 6. The van der Waals surface area contributed by atoms with Gasteiger partial charge in [-0.05, 0) is 143 Å². The lowest BCUT2D eigenvalue weighted by atomic mass is 9.51. The van der Waals surface area contributed by atoms with Gasteiger partial charge in [0.1, 0.15) is 40.4 Å². The number of ketones is 5. The second-order valence-electron chi connectivity index (χ2n) is 27.8. The van der Waals surface area contributed by atoms with E-state index in [1.165, 1.54) is 11.0 Å². The third kappa shape index (κ3) is 9.08. The minimum absolute atomic E-state index is 0.0293. The molecule has 22 heteroatoms.